The summed E-state index contributed by atoms with van der Waals surface area (Å²) >= 11 is 7.03. The number of benzene rings is 2. The molecule has 2 aromatic carbocycles. The fourth-order valence-electron chi connectivity index (χ4n) is 1.94. The van der Waals surface area contributed by atoms with Gasteiger partial charge in [-0.15, -0.1) is 10.2 Å². The van der Waals surface area contributed by atoms with Gasteiger partial charge in [-0.05, 0) is 48.0 Å². The van der Waals surface area contributed by atoms with Gasteiger partial charge >= 0.3 is 0 Å². The van der Waals surface area contributed by atoms with Crippen LogP contribution < -0.4 is 5.32 Å². The third kappa shape index (κ3) is 4.27. The number of hydrogen-bond acceptors (Lipinski definition) is 4. The van der Waals surface area contributed by atoms with Crippen molar-refractivity contribution < 1.29 is 18.0 Å². The molecule has 1 amide bonds. The van der Waals surface area contributed by atoms with Crippen molar-refractivity contribution >= 4 is 45.6 Å². The number of nitrogens with zero attached hydrogens (tertiary/aromatic N) is 2. The van der Waals surface area contributed by atoms with Gasteiger partial charge in [-0.2, -0.15) is 0 Å². The Labute approximate surface area is 155 Å². The van der Waals surface area contributed by atoms with Gasteiger partial charge in [-0.1, -0.05) is 29.0 Å². The molecule has 3 aromatic rings. The average Bonchev–Trinajstić information content (AvgIpc) is 3.10. The first-order chi connectivity index (χ1) is 12.4. The van der Waals surface area contributed by atoms with Crippen LogP contribution in [0.1, 0.15) is 20.4 Å². The van der Waals surface area contributed by atoms with Gasteiger partial charge in [-0.25, -0.2) is 13.2 Å². The summed E-state index contributed by atoms with van der Waals surface area (Å²) < 4.78 is 39.0. The van der Waals surface area contributed by atoms with E-state index in [1.807, 2.05) is 0 Å². The van der Waals surface area contributed by atoms with Crippen LogP contribution in [0.5, 0.6) is 0 Å². The van der Waals surface area contributed by atoms with E-state index in [-0.39, 0.29) is 15.0 Å². The van der Waals surface area contributed by atoms with Crippen LogP contribution >= 0.6 is 22.9 Å². The third-order valence-electron chi connectivity index (χ3n) is 3.16. The molecule has 0 fully saturated rings. The van der Waals surface area contributed by atoms with Gasteiger partial charge in [0.25, 0.3) is 5.91 Å². The minimum atomic E-state index is -1.00. The van der Waals surface area contributed by atoms with Gasteiger partial charge in [-0.3, -0.25) is 4.79 Å². The van der Waals surface area contributed by atoms with Crippen molar-refractivity contribution in [3.63, 3.8) is 0 Å². The molecule has 0 saturated carbocycles. The first kappa shape index (κ1) is 18.1. The number of hydrogen-bond donors (Lipinski definition) is 1. The molecule has 1 N–H and O–H groups in total. The van der Waals surface area contributed by atoms with Gasteiger partial charge in [0.1, 0.15) is 5.82 Å². The molecule has 0 spiro atoms. The van der Waals surface area contributed by atoms with Crippen molar-refractivity contribution in [3.05, 3.63) is 75.5 Å². The zero-order valence-corrected chi connectivity index (χ0v) is 14.4. The lowest BCUT2D eigenvalue weighted by Crippen LogP contribution is -2.11. The van der Waals surface area contributed by atoms with Crippen molar-refractivity contribution in [2.75, 3.05) is 5.32 Å². The second-order valence-corrected chi connectivity index (χ2v) is 6.42. The van der Waals surface area contributed by atoms with E-state index in [2.05, 4.69) is 15.5 Å². The molecule has 0 saturated heterocycles. The summed E-state index contributed by atoms with van der Waals surface area (Å²) in [6.07, 6.45) is 1.38. The van der Waals surface area contributed by atoms with E-state index in [4.69, 9.17) is 11.6 Å². The molecule has 0 aliphatic carbocycles. The molecule has 0 bridgehead atoms. The van der Waals surface area contributed by atoms with Gasteiger partial charge in [0.15, 0.2) is 16.6 Å². The summed E-state index contributed by atoms with van der Waals surface area (Å²) in [6, 6.07) is 8.55. The molecular formula is C17H9ClF3N3OS. The van der Waals surface area contributed by atoms with E-state index in [0.29, 0.717) is 11.3 Å². The fraction of sp³-hybridized carbons (Fsp3) is 0. The fourth-order valence-corrected chi connectivity index (χ4v) is 2.87. The third-order valence-corrected chi connectivity index (χ3v) is 4.52. The van der Waals surface area contributed by atoms with Crippen LogP contribution in [0.4, 0.5) is 18.9 Å². The monoisotopic (exact) mass is 395 g/mol. The van der Waals surface area contributed by atoms with E-state index in [1.54, 1.807) is 0 Å². The molecule has 132 valence electrons. The molecule has 4 nitrogen and oxygen atoms in total. The Bertz CT molecular complexity index is 989. The lowest BCUT2D eigenvalue weighted by Gasteiger charge is -2.01. The number of carbonyl (C=O) groups excluding carboxylic acids is 1. The summed E-state index contributed by atoms with van der Waals surface area (Å²) in [5.41, 5.74) is 0.734. The van der Waals surface area contributed by atoms with Crippen LogP contribution in [0.15, 0.2) is 42.5 Å². The lowest BCUT2D eigenvalue weighted by molar-refractivity contribution is 0.102. The first-order valence-corrected chi connectivity index (χ1v) is 8.35. The predicted molar refractivity (Wildman–Crippen MR) is 94.3 cm³/mol. The summed E-state index contributed by atoms with van der Waals surface area (Å²) in [7, 11) is 0. The number of halogens is 4. The molecule has 3 rings (SSSR count). The maximum atomic E-state index is 13.2. The van der Waals surface area contributed by atoms with Gasteiger partial charge in [0, 0.05) is 5.69 Å². The van der Waals surface area contributed by atoms with E-state index in [1.165, 1.54) is 36.4 Å². The summed E-state index contributed by atoms with van der Waals surface area (Å²) in [6.45, 7) is 0. The SMILES string of the molecule is O=C(Nc1ccc(F)cc1)c1nnc(/C(Cl)=C/c2ccc(F)c(F)c2)s1. The Hall–Kier alpha value is -2.71. The maximum Gasteiger partial charge on any atom is 0.286 e. The maximum absolute atomic E-state index is 13.2. The number of rotatable bonds is 4. The van der Waals surface area contributed by atoms with E-state index < -0.39 is 23.4 Å². The van der Waals surface area contributed by atoms with Crippen LogP contribution in [0.2, 0.25) is 0 Å². The van der Waals surface area contributed by atoms with Gasteiger partial charge < -0.3 is 5.32 Å². The van der Waals surface area contributed by atoms with Crippen molar-refractivity contribution in [1.82, 2.24) is 10.2 Å². The molecule has 0 atom stereocenters. The average molecular weight is 396 g/mol. The number of anilines is 1. The molecule has 0 aliphatic rings. The normalized spacial score (nSPS) is 11.5. The van der Waals surface area contributed by atoms with E-state index in [0.717, 1.165) is 23.5 Å². The molecule has 0 radical (unpaired) electrons. The van der Waals surface area contributed by atoms with E-state index >= 15 is 0 Å². The Kier molecular flexibility index (Phi) is 5.34. The second kappa shape index (κ2) is 7.67. The van der Waals surface area contributed by atoms with Crippen LogP contribution in [0, 0.1) is 17.5 Å². The summed E-state index contributed by atoms with van der Waals surface area (Å²) in [5, 5.41) is 10.5. The first-order valence-electron chi connectivity index (χ1n) is 7.15. The highest BCUT2D eigenvalue weighted by Gasteiger charge is 2.15. The molecule has 1 aromatic heterocycles. The summed E-state index contributed by atoms with van der Waals surface area (Å²) in [4.78, 5) is 12.1. The van der Waals surface area contributed by atoms with Crippen LogP contribution in [0.25, 0.3) is 11.1 Å². The van der Waals surface area contributed by atoms with Crippen molar-refractivity contribution in [2.24, 2.45) is 0 Å². The van der Waals surface area contributed by atoms with Crippen molar-refractivity contribution in [1.29, 1.82) is 0 Å². The van der Waals surface area contributed by atoms with Crippen LogP contribution in [-0.2, 0) is 0 Å². The van der Waals surface area contributed by atoms with Crippen molar-refractivity contribution in [2.45, 2.75) is 0 Å². The highest BCUT2D eigenvalue weighted by atomic mass is 35.5. The number of aromatic nitrogens is 2. The smallest absolute Gasteiger partial charge is 0.286 e. The number of amides is 1. The standard InChI is InChI=1S/C17H9ClF3N3OS/c18-12(7-9-1-6-13(20)14(21)8-9)16-23-24-17(26-16)15(25)22-11-4-2-10(19)3-5-11/h1-8H,(H,22,25)/b12-7-. The zero-order chi connectivity index (χ0) is 18.7. The highest BCUT2D eigenvalue weighted by molar-refractivity contribution is 7.15. The minimum absolute atomic E-state index is 0.0427. The number of nitrogens with one attached hydrogen (secondary N) is 1. The van der Waals surface area contributed by atoms with Crippen LogP contribution in [-0.4, -0.2) is 16.1 Å². The predicted octanol–water partition coefficient (Wildman–Crippen LogP) is 4.94. The highest BCUT2D eigenvalue weighted by Crippen LogP contribution is 2.26. The number of carbonyl (C=O) groups is 1. The van der Waals surface area contributed by atoms with Gasteiger partial charge in [0.2, 0.25) is 5.01 Å². The topological polar surface area (TPSA) is 54.9 Å². The Morgan fingerprint density at radius 2 is 1.69 bits per heavy atom. The molecular weight excluding hydrogens is 387 g/mol. The molecule has 0 aliphatic heterocycles. The Morgan fingerprint density at radius 1 is 1.00 bits per heavy atom. The second-order valence-electron chi connectivity index (χ2n) is 5.04. The molecule has 0 unspecified atom stereocenters. The van der Waals surface area contributed by atoms with Crippen molar-refractivity contribution in [3.8, 4) is 0 Å². The Morgan fingerprint density at radius 3 is 2.38 bits per heavy atom. The van der Waals surface area contributed by atoms with Gasteiger partial charge in [0.05, 0.1) is 5.03 Å². The molecule has 26 heavy (non-hydrogen) atoms. The quantitative estimate of drug-likeness (QED) is 0.680. The van der Waals surface area contributed by atoms with E-state index in [9.17, 15) is 18.0 Å². The zero-order valence-electron chi connectivity index (χ0n) is 12.8. The molecule has 1 heterocycles. The Balaban J connectivity index is 1.75. The lowest BCUT2D eigenvalue weighted by atomic mass is 10.2. The van der Waals surface area contributed by atoms with Crippen LogP contribution in [0.3, 0.4) is 0 Å². The summed E-state index contributed by atoms with van der Waals surface area (Å²) in [5.74, 6) is -2.92. The largest absolute Gasteiger partial charge is 0.320 e. The minimum Gasteiger partial charge on any atom is -0.320 e. The molecule has 9 heteroatoms.